The van der Waals surface area contributed by atoms with E-state index in [1.807, 2.05) is 29.2 Å². The van der Waals surface area contributed by atoms with Gasteiger partial charge in [0.1, 0.15) is 5.75 Å². The third-order valence-corrected chi connectivity index (χ3v) is 3.60. The Morgan fingerprint density at radius 2 is 2.10 bits per heavy atom. The van der Waals surface area contributed by atoms with E-state index in [9.17, 15) is 4.79 Å². The predicted octanol–water partition coefficient (Wildman–Crippen LogP) is 1.42. The van der Waals surface area contributed by atoms with Crippen molar-refractivity contribution in [2.45, 2.75) is 25.4 Å². The molecule has 0 aliphatic heterocycles. The van der Waals surface area contributed by atoms with Crippen molar-refractivity contribution < 1.29 is 14.3 Å². The van der Waals surface area contributed by atoms with Crippen molar-refractivity contribution in [2.75, 3.05) is 33.9 Å². The van der Waals surface area contributed by atoms with Crippen LogP contribution in [0.1, 0.15) is 18.4 Å². The van der Waals surface area contributed by atoms with Crippen LogP contribution in [-0.2, 0) is 16.1 Å². The molecule has 21 heavy (non-hydrogen) atoms. The molecule has 0 spiro atoms. The summed E-state index contributed by atoms with van der Waals surface area (Å²) < 4.78 is 10.3. The van der Waals surface area contributed by atoms with Crippen LogP contribution in [0.2, 0.25) is 0 Å². The lowest BCUT2D eigenvalue weighted by Crippen LogP contribution is -2.40. The van der Waals surface area contributed by atoms with Crippen molar-refractivity contribution in [1.82, 2.24) is 10.2 Å². The highest BCUT2D eigenvalue weighted by Gasteiger charge is 2.32. The maximum atomic E-state index is 12.4. The molecule has 2 rings (SSSR count). The molecular formula is C16H24N2O3. The fraction of sp³-hybridized carbons (Fsp3) is 0.562. The second-order valence-corrected chi connectivity index (χ2v) is 5.23. The smallest absolute Gasteiger partial charge is 0.237 e. The Hall–Kier alpha value is -1.59. The van der Waals surface area contributed by atoms with Crippen LogP contribution in [0.3, 0.4) is 0 Å². The number of carbonyl (C=O) groups is 1. The van der Waals surface area contributed by atoms with Crippen molar-refractivity contribution in [3.05, 3.63) is 29.8 Å². The van der Waals surface area contributed by atoms with E-state index in [4.69, 9.17) is 9.47 Å². The van der Waals surface area contributed by atoms with E-state index >= 15 is 0 Å². The molecule has 1 aromatic rings. The Morgan fingerprint density at radius 3 is 2.76 bits per heavy atom. The normalized spacial score (nSPS) is 14.0. The third-order valence-electron chi connectivity index (χ3n) is 3.60. The molecule has 0 unspecified atom stereocenters. The summed E-state index contributed by atoms with van der Waals surface area (Å²) in [6.07, 6.45) is 2.19. The summed E-state index contributed by atoms with van der Waals surface area (Å²) >= 11 is 0. The van der Waals surface area contributed by atoms with Gasteiger partial charge in [-0.2, -0.15) is 0 Å². The summed E-state index contributed by atoms with van der Waals surface area (Å²) in [7, 11) is 3.32. The van der Waals surface area contributed by atoms with Gasteiger partial charge >= 0.3 is 0 Å². The van der Waals surface area contributed by atoms with E-state index in [1.54, 1.807) is 14.2 Å². The first-order chi connectivity index (χ1) is 10.3. The average Bonchev–Trinajstić information content (AvgIpc) is 3.34. The van der Waals surface area contributed by atoms with Crippen LogP contribution < -0.4 is 10.1 Å². The van der Waals surface area contributed by atoms with Gasteiger partial charge in [-0.05, 0) is 18.9 Å². The minimum Gasteiger partial charge on any atom is -0.496 e. The van der Waals surface area contributed by atoms with Crippen molar-refractivity contribution in [2.24, 2.45) is 0 Å². The topological polar surface area (TPSA) is 50.8 Å². The first-order valence-corrected chi connectivity index (χ1v) is 7.37. The first kappa shape index (κ1) is 15.8. The molecule has 0 bridgehead atoms. The number of para-hydroxylation sites is 1. The molecule has 1 amide bonds. The van der Waals surface area contributed by atoms with E-state index in [0.717, 1.165) is 24.2 Å². The van der Waals surface area contributed by atoms with Crippen LogP contribution in [0, 0.1) is 0 Å². The Kier molecular flexibility index (Phi) is 6.02. The van der Waals surface area contributed by atoms with E-state index < -0.39 is 0 Å². The van der Waals surface area contributed by atoms with Gasteiger partial charge in [-0.15, -0.1) is 0 Å². The molecule has 1 aliphatic rings. The number of hydrogen-bond donors (Lipinski definition) is 1. The molecule has 1 saturated carbocycles. The number of carbonyl (C=O) groups excluding carboxylic acids is 1. The Labute approximate surface area is 126 Å². The molecule has 5 nitrogen and oxygen atoms in total. The predicted molar refractivity (Wildman–Crippen MR) is 81.3 cm³/mol. The van der Waals surface area contributed by atoms with Gasteiger partial charge in [-0.25, -0.2) is 0 Å². The zero-order valence-corrected chi connectivity index (χ0v) is 12.8. The highest BCUT2D eigenvalue weighted by molar-refractivity contribution is 5.79. The van der Waals surface area contributed by atoms with Crippen LogP contribution in [0.5, 0.6) is 5.75 Å². The van der Waals surface area contributed by atoms with Gasteiger partial charge in [0.15, 0.2) is 0 Å². The maximum Gasteiger partial charge on any atom is 0.237 e. The van der Waals surface area contributed by atoms with Gasteiger partial charge in [0.2, 0.25) is 5.91 Å². The quantitative estimate of drug-likeness (QED) is 0.699. The van der Waals surface area contributed by atoms with Crippen molar-refractivity contribution >= 4 is 5.91 Å². The Morgan fingerprint density at radius 1 is 1.33 bits per heavy atom. The average molecular weight is 292 g/mol. The molecule has 0 atom stereocenters. The lowest BCUT2D eigenvalue weighted by Gasteiger charge is -2.23. The molecule has 1 aliphatic carbocycles. The van der Waals surface area contributed by atoms with Crippen molar-refractivity contribution in [1.29, 1.82) is 0 Å². The van der Waals surface area contributed by atoms with Gasteiger partial charge in [0.05, 0.1) is 20.3 Å². The Balaban J connectivity index is 1.94. The zero-order chi connectivity index (χ0) is 15.1. The second kappa shape index (κ2) is 8.00. The summed E-state index contributed by atoms with van der Waals surface area (Å²) in [4.78, 5) is 14.3. The van der Waals surface area contributed by atoms with Crippen LogP contribution in [-0.4, -0.2) is 50.8 Å². The number of ether oxygens (including phenoxy) is 2. The SMILES string of the molecule is COCCNCC(=O)N(Cc1ccccc1OC)C1CC1. The fourth-order valence-corrected chi connectivity index (χ4v) is 2.30. The van der Waals surface area contributed by atoms with Crippen molar-refractivity contribution in [3.8, 4) is 5.75 Å². The zero-order valence-electron chi connectivity index (χ0n) is 12.8. The van der Waals surface area contributed by atoms with Crippen molar-refractivity contribution in [3.63, 3.8) is 0 Å². The summed E-state index contributed by atoms with van der Waals surface area (Å²) in [6.45, 7) is 2.27. The standard InChI is InChI=1S/C16H24N2O3/c1-20-10-9-17-11-16(19)18(14-7-8-14)12-13-5-3-4-6-15(13)21-2/h3-6,14,17H,7-12H2,1-2H3. The number of amides is 1. The molecule has 0 aromatic heterocycles. The van der Waals surface area contributed by atoms with E-state index in [1.165, 1.54) is 0 Å². The van der Waals surface area contributed by atoms with Crippen LogP contribution in [0.25, 0.3) is 0 Å². The highest BCUT2D eigenvalue weighted by atomic mass is 16.5. The number of methoxy groups -OCH3 is 2. The van der Waals surface area contributed by atoms with Crippen LogP contribution in [0.4, 0.5) is 0 Å². The fourth-order valence-electron chi connectivity index (χ4n) is 2.30. The van der Waals surface area contributed by atoms with Gasteiger partial charge in [0, 0.05) is 31.8 Å². The molecule has 5 heteroatoms. The van der Waals surface area contributed by atoms with Crippen LogP contribution >= 0.6 is 0 Å². The largest absolute Gasteiger partial charge is 0.496 e. The summed E-state index contributed by atoms with van der Waals surface area (Å²) in [5.74, 6) is 0.975. The molecule has 0 radical (unpaired) electrons. The highest BCUT2D eigenvalue weighted by Crippen LogP contribution is 2.30. The van der Waals surface area contributed by atoms with Gasteiger partial charge in [0.25, 0.3) is 0 Å². The van der Waals surface area contributed by atoms with E-state index in [-0.39, 0.29) is 5.91 Å². The molecule has 0 heterocycles. The minimum absolute atomic E-state index is 0.138. The Bertz CT molecular complexity index is 461. The third kappa shape index (κ3) is 4.72. The second-order valence-electron chi connectivity index (χ2n) is 5.23. The van der Waals surface area contributed by atoms with Gasteiger partial charge in [-0.1, -0.05) is 18.2 Å². The summed E-state index contributed by atoms with van der Waals surface area (Å²) in [5.41, 5.74) is 1.05. The molecule has 0 saturated heterocycles. The van der Waals surface area contributed by atoms with E-state index in [2.05, 4.69) is 5.32 Å². The van der Waals surface area contributed by atoms with Gasteiger partial charge in [-0.3, -0.25) is 4.79 Å². The van der Waals surface area contributed by atoms with E-state index in [0.29, 0.717) is 32.3 Å². The lowest BCUT2D eigenvalue weighted by atomic mass is 10.2. The molecule has 116 valence electrons. The van der Waals surface area contributed by atoms with Crippen LogP contribution in [0.15, 0.2) is 24.3 Å². The molecule has 1 aromatic carbocycles. The number of benzene rings is 1. The monoisotopic (exact) mass is 292 g/mol. The molecule has 1 N–H and O–H groups in total. The molecular weight excluding hydrogens is 268 g/mol. The first-order valence-electron chi connectivity index (χ1n) is 7.37. The molecule has 1 fully saturated rings. The lowest BCUT2D eigenvalue weighted by molar-refractivity contribution is -0.131. The maximum absolute atomic E-state index is 12.4. The number of hydrogen-bond acceptors (Lipinski definition) is 4. The number of nitrogens with zero attached hydrogens (tertiary/aromatic N) is 1. The summed E-state index contributed by atoms with van der Waals surface area (Å²) in [5, 5.41) is 3.12. The number of rotatable bonds is 9. The summed E-state index contributed by atoms with van der Waals surface area (Å²) in [6, 6.07) is 8.25. The number of nitrogens with one attached hydrogen (secondary N) is 1. The minimum atomic E-state index is 0.138. The van der Waals surface area contributed by atoms with Gasteiger partial charge < -0.3 is 19.7 Å².